The summed E-state index contributed by atoms with van der Waals surface area (Å²) in [4.78, 5) is 0.279. The molecule has 0 bridgehead atoms. The Balaban J connectivity index is 2.02. The molecule has 1 saturated carbocycles. The summed E-state index contributed by atoms with van der Waals surface area (Å²) in [5.74, 6) is 0.254. The molecule has 1 aliphatic rings. The van der Waals surface area contributed by atoms with Gasteiger partial charge in [0.25, 0.3) is 0 Å². The van der Waals surface area contributed by atoms with Gasteiger partial charge in [-0.05, 0) is 18.8 Å². The van der Waals surface area contributed by atoms with Gasteiger partial charge in [0.05, 0.1) is 6.04 Å². The number of aromatic nitrogens is 2. The van der Waals surface area contributed by atoms with Crippen LogP contribution in [0.3, 0.4) is 0 Å². The summed E-state index contributed by atoms with van der Waals surface area (Å²) < 4.78 is 30.2. The zero-order valence-corrected chi connectivity index (χ0v) is 15.1. The SMILES string of the molecule is CC(C)CNS(=O)(=O)c1cn(C2CCCC2)nc1-c1ccccc1. The van der Waals surface area contributed by atoms with E-state index in [-0.39, 0.29) is 10.8 Å². The predicted octanol–water partition coefficient (Wildman–Crippen LogP) is 3.60. The molecule has 0 unspecified atom stereocenters. The maximum absolute atomic E-state index is 12.8. The predicted molar refractivity (Wildman–Crippen MR) is 95.2 cm³/mol. The summed E-state index contributed by atoms with van der Waals surface area (Å²) in [6.07, 6.45) is 6.20. The largest absolute Gasteiger partial charge is 0.268 e. The van der Waals surface area contributed by atoms with Gasteiger partial charge < -0.3 is 0 Å². The van der Waals surface area contributed by atoms with Crippen LogP contribution in [0.1, 0.15) is 45.6 Å². The quantitative estimate of drug-likeness (QED) is 0.868. The third kappa shape index (κ3) is 3.70. The minimum absolute atomic E-state index is 0.254. The molecule has 5 nitrogen and oxygen atoms in total. The number of benzene rings is 1. The van der Waals surface area contributed by atoms with Crippen LogP contribution in [0.15, 0.2) is 41.4 Å². The first-order valence-corrected chi connectivity index (χ1v) is 10.1. The number of nitrogens with one attached hydrogen (secondary N) is 1. The molecule has 3 rings (SSSR count). The van der Waals surface area contributed by atoms with Crippen molar-refractivity contribution >= 4 is 10.0 Å². The molecule has 130 valence electrons. The maximum Gasteiger partial charge on any atom is 0.244 e. The van der Waals surface area contributed by atoms with Crippen LogP contribution in [-0.4, -0.2) is 24.7 Å². The first-order valence-electron chi connectivity index (χ1n) is 8.61. The van der Waals surface area contributed by atoms with Crippen LogP contribution < -0.4 is 4.72 Å². The second-order valence-electron chi connectivity index (χ2n) is 6.87. The Labute approximate surface area is 144 Å². The van der Waals surface area contributed by atoms with Crippen LogP contribution in [-0.2, 0) is 10.0 Å². The molecule has 1 aliphatic carbocycles. The van der Waals surface area contributed by atoms with E-state index in [9.17, 15) is 8.42 Å². The molecule has 1 N–H and O–H groups in total. The van der Waals surface area contributed by atoms with Gasteiger partial charge in [0.1, 0.15) is 10.6 Å². The average Bonchev–Trinajstić information content (AvgIpc) is 3.23. The van der Waals surface area contributed by atoms with Crippen molar-refractivity contribution in [3.8, 4) is 11.3 Å². The second-order valence-corrected chi connectivity index (χ2v) is 8.61. The van der Waals surface area contributed by atoms with E-state index in [4.69, 9.17) is 0 Å². The summed E-state index contributed by atoms with van der Waals surface area (Å²) in [6.45, 7) is 4.40. The summed E-state index contributed by atoms with van der Waals surface area (Å²) in [6, 6.07) is 9.85. The summed E-state index contributed by atoms with van der Waals surface area (Å²) >= 11 is 0. The molecule has 1 fully saturated rings. The molecule has 0 atom stereocenters. The van der Waals surface area contributed by atoms with Gasteiger partial charge in [0.2, 0.25) is 10.0 Å². The average molecular weight is 347 g/mol. The first-order chi connectivity index (χ1) is 11.5. The van der Waals surface area contributed by atoms with Crippen LogP contribution in [0.2, 0.25) is 0 Å². The smallest absolute Gasteiger partial charge is 0.244 e. The van der Waals surface area contributed by atoms with Gasteiger partial charge in [-0.25, -0.2) is 13.1 Å². The molecule has 6 heteroatoms. The lowest BCUT2D eigenvalue weighted by molar-refractivity contribution is 0.467. The van der Waals surface area contributed by atoms with Gasteiger partial charge >= 0.3 is 0 Å². The zero-order valence-electron chi connectivity index (χ0n) is 14.3. The molecular formula is C18H25N3O2S. The number of rotatable bonds is 6. The number of nitrogens with zero attached hydrogens (tertiary/aromatic N) is 2. The van der Waals surface area contributed by atoms with Crippen molar-refractivity contribution in [1.82, 2.24) is 14.5 Å². The highest BCUT2D eigenvalue weighted by atomic mass is 32.2. The Morgan fingerprint density at radius 3 is 2.50 bits per heavy atom. The second kappa shape index (κ2) is 7.07. The zero-order chi connectivity index (χ0) is 17.2. The van der Waals surface area contributed by atoms with E-state index in [1.165, 1.54) is 12.8 Å². The van der Waals surface area contributed by atoms with Gasteiger partial charge in [0.15, 0.2) is 0 Å². The van der Waals surface area contributed by atoms with Gasteiger partial charge in [-0.15, -0.1) is 0 Å². The van der Waals surface area contributed by atoms with Crippen molar-refractivity contribution in [2.24, 2.45) is 5.92 Å². The Hall–Kier alpha value is -1.66. The standard InChI is InChI=1S/C18H25N3O2S/c1-14(2)12-19-24(22,23)17-13-21(16-10-6-7-11-16)20-18(17)15-8-4-3-5-9-15/h3-5,8-9,13-14,16,19H,6-7,10-12H2,1-2H3. The third-order valence-corrected chi connectivity index (χ3v) is 5.84. The van der Waals surface area contributed by atoms with E-state index in [0.717, 1.165) is 18.4 Å². The molecule has 0 radical (unpaired) electrons. The molecule has 0 amide bonds. The molecule has 1 aromatic carbocycles. The van der Waals surface area contributed by atoms with Gasteiger partial charge in [0, 0.05) is 18.3 Å². The van der Waals surface area contributed by atoms with Crippen molar-refractivity contribution in [2.45, 2.75) is 50.5 Å². The van der Waals surface area contributed by atoms with E-state index >= 15 is 0 Å². The highest BCUT2D eigenvalue weighted by Gasteiger charge is 2.26. The van der Waals surface area contributed by atoms with Crippen LogP contribution in [0, 0.1) is 5.92 Å². The summed E-state index contributed by atoms with van der Waals surface area (Å²) in [5.41, 5.74) is 1.37. The van der Waals surface area contributed by atoms with Crippen molar-refractivity contribution < 1.29 is 8.42 Å². The Morgan fingerprint density at radius 1 is 1.21 bits per heavy atom. The van der Waals surface area contributed by atoms with Crippen molar-refractivity contribution in [3.05, 3.63) is 36.5 Å². The maximum atomic E-state index is 12.8. The number of hydrogen-bond donors (Lipinski definition) is 1. The minimum Gasteiger partial charge on any atom is -0.268 e. The Bertz CT molecular complexity index is 776. The van der Waals surface area contributed by atoms with Crippen LogP contribution in [0.25, 0.3) is 11.3 Å². The lowest BCUT2D eigenvalue weighted by atomic mass is 10.2. The van der Waals surface area contributed by atoms with E-state index in [0.29, 0.717) is 18.3 Å². The molecule has 24 heavy (non-hydrogen) atoms. The summed E-state index contributed by atoms with van der Waals surface area (Å²) in [5, 5.41) is 4.65. The lowest BCUT2D eigenvalue weighted by Gasteiger charge is -2.09. The van der Waals surface area contributed by atoms with Crippen molar-refractivity contribution in [2.75, 3.05) is 6.54 Å². The third-order valence-electron chi connectivity index (χ3n) is 4.42. The van der Waals surface area contributed by atoms with E-state index in [1.54, 1.807) is 6.20 Å². The molecule has 1 aromatic heterocycles. The molecule has 0 saturated heterocycles. The molecule has 0 spiro atoms. The van der Waals surface area contributed by atoms with Gasteiger partial charge in [-0.1, -0.05) is 57.0 Å². The highest BCUT2D eigenvalue weighted by Crippen LogP contribution is 2.33. The monoisotopic (exact) mass is 347 g/mol. The fourth-order valence-corrected chi connectivity index (χ4v) is 4.45. The van der Waals surface area contributed by atoms with Crippen LogP contribution in [0.4, 0.5) is 0 Å². The van der Waals surface area contributed by atoms with E-state index < -0.39 is 10.0 Å². The molecule has 0 aliphatic heterocycles. The highest BCUT2D eigenvalue weighted by molar-refractivity contribution is 7.89. The minimum atomic E-state index is -3.58. The molecular weight excluding hydrogens is 322 g/mol. The van der Waals surface area contributed by atoms with Crippen LogP contribution in [0.5, 0.6) is 0 Å². The Kier molecular flexibility index (Phi) is 5.06. The van der Waals surface area contributed by atoms with E-state index in [1.807, 2.05) is 48.9 Å². The normalized spacial score (nSPS) is 16.1. The van der Waals surface area contributed by atoms with E-state index in [2.05, 4.69) is 9.82 Å². The number of sulfonamides is 1. The lowest BCUT2D eigenvalue weighted by Crippen LogP contribution is -2.27. The fourth-order valence-electron chi connectivity index (χ4n) is 3.08. The van der Waals surface area contributed by atoms with Crippen molar-refractivity contribution in [3.63, 3.8) is 0 Å². The first kappa shape index (κ1) is 17.2. The topological polar surface area (TPSA) is 64.0 Å². The number of hydrogen-bond acceptors (Lipinski definition) is 3. The molecule has 2 aromatic rings. The van der Waals surface area contributed by atoms with Crippen LogP contribution >= 0.6 is 0 Å². The molecule has 1 heterocycles. The van der Waals surface area contributed by atoms with Gasteiger partial charge in [-0.3, -0.25) is 4.68 Å². The van der Waals surface area contributed by atoms with Crippen molar-refractivity contribution in [1.29, 1.82) is 0 Å². The summed E-state index contributed by atoms with van der Waals surface area (Å²) in [7, 11) is -3.58. The fraction of sp³-hybridized carbons (Fsp3) is 0.500. The van der Waals surface area contributed by atoms with Gasteiger partial charge in [-0.2, -0.15) is 5.10 Å². The Morgan fingerprint density at radius 2 is 1.88 bits per heavy atom.